The van der Waals surface area contributed by atoms with E-state index in [1.165, 1.54) is 0 Å². The average Bonchev–Trinajstić information content (AvgIpc) is 3.18. The number of benzene rings is 3. The van der Waals surface area contributed by atoms with Crippen LogP contribution in [0.3, 0.4) is 0 Å². The summed E-state index contributed by atoms with van der Waals surface area (Å²) < 4.78 is 23.6. The van der Waals surface area contributed by atoms with Crippen LogP contribution in [0.5, 0.6) is 11.5 Å². The Morgan fingerprint density at radius 2 is 1.63 bits per heavy atom. The molecule has 1 N–H and O–H groups in total. The molecule has 0 bridgehead atoms. The molecule has 1 aliphatic rings. The van der Waals surface area contributed by atoms with Gasteiger partial charge in [-0.15, -0.1) is 5.10 Å². The lowest BCUT2D eigenvalue weighted by atomic mass is 9.74. The van der Waals surface area contributed by atoms with Gasteiger partial charge in [-0.25, -0.2) is 0 Å². The second-order valence-corrected chi connectivity index (χ2v) is 11.4. The van der Waals surface area contributed by atoms with Crippen LogP contribution in [-0.4, -0.2) is 42.7 Å². The fourth-order valence-corrected chi connectivity index (χ4v) is 5.04. The summed E-state index contributed by atoms with van der Waals surface area (Å²) in [5.74, 6) is 2.12. The summed E-state index contributed by atoms with van der Waals surface area (Å²) in [5.41, 5.74) is 5.02. The number of rotatable bonds is 7. The standard InChI is InChI=1S/C32H35BN4O4/c1-19-13-23(17-34)27(16-28(19)33-40-31(3,4)32(5,6)41-33)21-10-12-25-26(14-21)20(2)36-37-30(25)35-18-22-9-11-24(38-7)15-29(22)39-8/h9-16H,18H2,1-8H3,(H,35,37). The molecule has 0 saturated carbocycles. The summed E-state index contributed by atoms with van der Waals surface area (Å²) in [7, 11) is 2.74. The number of aromatic nitrogens is 2. The van der Waals surface area contributed by atoms with E-state index < -0.39 is 18.3 Å². The van der Waals surface area contributed by atoms with Gasteiger partial charge in [-0.3, -0.25) is 0 Å². The first-order valence-electron chi connectivity index (χ1n) is 13.6. The van der Waals surface area contributed by atoms with Gasteiger partial charge in [0, 0.05) is 28.9 Å². The number of anilines is 1. The third-order valence-electron chi connectivity index (χ3n) is 8.25. The van der Waals surface area contributed by atoms with Crippen LogP contribution in [0.1, 0.15) is 50.1 Å². The lowest BCUT2D eigenvalue weighted by molar-refractivity contribution is 0.00578. The normalized spacial score (nSPS) is 15.5. The molecule has 4 aromatic rings. The SMILES string of the molecule is COc1ccc(CNc2nnc(C)c3cc(-c4cc(B5OC(C)(C)C(C)(C)O5)c(C)cc4C#N)ccc23)c(OC)c1. The van der Waals surface area contributed by atoms with Gasteiger partial charge in [0.1, 0.15) is 11.5 Å². The van der Waals surface area contributed by atoms with Gasteiger partial charge in [0.15, 0.2) is 5.82 Å². The number of nitrogens with zero attached hydrogens (tertiary/aromatic N) is 3. The highest BCUT2D eigenvalue weighted by atomic mass is 16.7. The molecule has 1 aromatic heterocycles. The molecule has 5 rings (SSSR count). The van der Waals surface area contributed by atoms with Gasteiger partial charge >= 0.3 is 7.12 Å². The molecular formula is C32H35BN4O4. The first-order valence-corrected chi connectivity index (χ1v) is 13.6. The number of nitrogens with one attached hydrogen (secondary N) is 1. The summed E-state index contributed by atoms with van der Waals surface area (Å²) in [5, 5.41) is 24.2. The third kappa shape index (κ3) is 5.21. The molecule has 8 nitrogen and oxygen atoms in total. The largest absolute Gasteiger partial charge is 0.497 e. The van der Waals surface area contributed by atoms with Crippen LogP contribution in [0.2, 0.25) is 0 Å². The Labute approximate surface area is 241 Å². The van der Waals surface area contributed by atoms with Crippen LogP contribution < -0.4 is 20.3 Å². The summed E-state index contributed by atoms with van der Waals surface area (Å²) in [4.78, 5) is 0. The Balaban J connectivity index is 1.51. The zero-order chi connectivity index (χ0) is 29.5. The van der Waals surface area contributed by atoms with Crippen molar-refractivity contribution in [2.75, 3.05) is 19.5 Å². The number of ether oxygens (including phenoxy) is 2. The first-order chi connectivity index (χ1) is 19.5. The third-order valence-corrected chi connectivity index (χ3v) is 8.25. The zero-order valence-corrected chi connectivity index (χ0v) is 24.9. The molecule has 0 unspecified atom stereocenters. The molecule has 0 aliphatic carbocycles. The maximum atomic E-state index is 10.0. The molecule has 1 saturated heterocycles. The fraction of sp³-hybridized carbons (Fsp3) is 0.344. The van der Waals surface area contributed by atoms with Crippen molar-refractivity contribution in [3.05, 3.63) is 70.9 Å². The van der Waals surface area contributed by atoms with E-state index in [9.17, 15) is 5.26 Å². The highest BCUT2D eigenvalue weighted by molar-refractivity contribution is 6.62. The van der Waals surface area contributed by atoms with Crippen molar-refractivity contribution in [3.63, 3.8) is 0 Å². The molecule has 3 aromatic carbocycles. The van der Waals surface area contributed by atoms with E-state index >= 15 is 0 Å². The topological polar surface area (TPSA) is 98.5 Å². The Hall–Kier alpha value is -4.13. The van der Waals surface area contributed by atoms with Gasteiger partial charge in [0.25, 0.3) is 0 Å². The molecule has 0 spiro atoms. The van der Waals surface area contributed by atoms with Crippen molar-refractivity contribution in [3.8, 4) is 28.7 Å². The average molecular weight is 550 g/mol. The van der Waals surface area contributed by atoms with Gasteiger partial charge in [0.2, 0.25) is 0 Å². The Kier molecular flexibility index (Phi) is 7.41. The van der Waals surface area contributed by atoms with Crippen LogP contribution in [0.15, 0.2) is 48.5 Å². The minimum Gasteiger partial charge on any atom is -0.497 e. The number of hydrogen-bond acceptors (Lipinski definition) is 8. The second kappa shape index (κ2) is 10.7. The molecular weight excluding hydrogens is 515 g/mol. The highest BCUT2D eigenvalue weighted by Gasteiger charge is 2.52. The molecule has 2 heterocycles. The number of methoxy groups -OCH3 is 2. The second-order valence-electron chi connectivity index (χ2n) is 11.4. The van der Waals surface area contributed by atoms with E-state index in [-0.39, 0.29) is 0 Å². The smallest absolute Gasteiger partial charge is 0.495 e. The minimum atomic E-state index is -0.523. The molecule has 0 atom stereocenters. The number of hydrogen-bond donors (Lipinski definition) is 1. The van der Waals surface area contributed by atoms with Crippen molar-refractivity contribution in [1.29, 1.82) is 5.26 Å². The van der Waals surface area contributed by atoms with Gasteiger partial charge in [-0.1, -0.05) is 12.1 Å². The number of aryl methyl sites for hydroxylation is 2. The summed E-state index contributed by atoms with van der Waals surface area (Å²) >= 11 is 0. The predicted octanol–water partition coefficient (Wildman–Crippen LogP) is 5.71. The van der Waals surface area contributed by atoms with E-state index in [2.05, 4.69) is 27.6 Å². The molecule has 0 amide bonds. The Bertz CT molecular complexity index is 1660. The highest BCUT2D eigenvalue weighted by Crippen LogP contribution is 2.38. The molecule has 9 heteroatoms. The van der Waals surface area contributed by atoms with Crippen LogP contribution in [0.25, 0.3) is 21.9 Å². The van der Waals surface area contributed by atoms with Crippen LogP contribution >= 0.6 is 0 Å². The maximum absolute atomic E-state index is 10.0. The number of fused-ring (bicyclic) bond motifs is 1. The monoisotopic (exact) mass is 550 g/mol. The quantitative estimate of drug-likeness (QED) is 0.292. The summed E-state index contributed by atoms with van der Waals surface area (Å²) in [6.45, 7) is 12.6. The van der Waals surface area contributed by atoms with Crippen molar-refractivity contribution >= 4 is 29.2 Å². The minimum absolute atomic E-state index is 0.462. The van der Waals surface area contributed by atoms with Crippen LogP contribution in [-0.2, 0) is 15.9 Å². The first kappa shape index (κ1) is 28.4. The van der Waals surface area contributed by atoms with Gasteiger partial charge < -0.3 is 24.1 Å². The lowest BCUT2D eigenvalue weighted by Gasteiger charge is -2.32. The molecule has 0 radical (unpaired) electrons. The lowest BCUT2D eigenvalue weighted by Crippen LogP contribution is -2.41. The molecule has 41 heavy (non-hydrogen) atoms. The fourth-order valence-electron chi connectivity index (χ4n) is 5.04. The molecule has 1 aliphatic heterocycles. The summed E-state index contributed by atoms with van der Waals surface area (Å²) in [6.07, 6.45) is 0. The Morgan fingerprint density at radius 3 is 2.29 bits per heavy atom. The van der Waals surface area contributed by atoms with Crippen LogP contribution in [0, 0.1) is 25.2 Å². The molecule has 210 valence electrons. The van der Waals surface area contributed by atoms with E-state index in [1.54, 1.807) is 14.2 Å². The van der Waals surface area contributed by atoms with Crippen LogP contribution in [0.4, 0.5) is 5.82 Å². The van der Waals surface area contributed by atoms with E-state index in [1.807, 2.05) is 84.0 Å². The van der Waals surface area contributed by atoms with Gasteiger partial charge in [-0.05, 0) is 94.0 Å². The Morgan fingerprint density at radius 1 is 0.902 bits per heavy atom. The van der Waals surface area contributed by atoms with Crippen molar-refractivity contribution in [2.24, 2.45) is 0 Å². The maximum Gasteiger partial charge on any atom is 0.495 e. The van der Waals surface area contributed by atoms with E-state index in [0.29, 0.717) is 17.9 Å². The predicted molar refractivity (Wildman–Crippen MR) is 162 cm³/mol. The van der Waals surface area contributed by atoms with E-state index in [4.69, 9.17) is 18.8 Å². The summed E-state index contributed by atoms with van der Waals surface area (Å²) in [6, 6.07) is 18.1. The molecule has 1 fully saturated rings. The van der Waals surface area contributed by atoms with Crippen molar-refractivity contribution in [1.82, 2.24) is 10.2 Å². The van der Waals surface area contributed by atoms with Crippen molar-refractivity contribution < 1.29 is 18.8 Å². The number of nitriles is 1. The van der Waals surface area contributed by atoms with Gasteiger partial charge in [0.05, 0.1) is 42.7 Å². The van der Waals surface area contributed by atoms with E-state index in [0.717, 1.165) is 55.7 Å². The zero-order valence-electron chi connectivity index (χ0n) is 24.9. The van der Waals surface area contributed by atoms with Gasteiger partial charge in [-0.2, -0.15) is 10.4 Å². The van der Waals surface area contributed by atoms with Crippen molar-refractivity contribution in [2.45, 2.75) is 59.3 Å².